The van der Waals surface area contributed by atoms with Crippen LogP contribution in [0, 0.1) is 0 Å². The maximum absolute atomic E-state index is 3.82. The molecule has 0 aliphatic carbocycles. The molecule has 0 aliphatic heterocycles. The first-order valence-electron chi connectivity index (χ1n) is 2.17. The second-order valence-corrected chi connectivity index (χ2v) is 1.46. The van der Waals surface area contributed by atoms with E-state index >= 15 is 0 Å². The summed E-state index contributed by atoms with van der Waals surface area (Å²) >= 11 is 0. The maximum Gasteiger partial charge on any atom is -0.0124 e. The molecule has 0 spiro atoms. The molecule has 0 fully saturated rings. The SMILES string of the molecule is C=C(C)N(C)[N-]C. The molecule has 0 aromatic rings. The summed E-state index contributed by atoms with van der Waals surface area (Å²) in [7, 11) is 3.59. The Morgan fingerprint density at radius 3 is 2.14 bits per heavy atom. The van der Waals surface area contributed by atoms with E-state index in [1.165, 1.54) is 0 Å². The molecule has 0 rings (SSSR count). The van der Waals surface area contributed by atoms with E-state index in [1.807, 2.05) is 14.0 Å². The van der Waals surface area contributed by atoms with Gasteiger partial charge in [0.2, 0.25) is 0 Å². The Bertz CT molecular complexity index is 68.5. The lowest BCUT2D eigenvalue weighted by Gasteiger charge is -2.31. The molecule has 2 heteroatoms. The number of allylic oxidation sites excluding steroid dienone is 1. The van der Waals surface area contributed by atoms with Crippen LogP contribution in [0.2, 0.25) is 0 Å². The highest BCUT2D eigenvalue weighted by molar-refractivity contribution is 4.90. The second kappa shape index (κ2) is 2.64. The average Bonchev–Trinajstić information content (AvgIpc) is 1.65. The van der Waals surface area contributed by atoms with Gasteiger partial charge in [-0.25, -0.2) is 0 Å². The lowest BCUT2D eigenvalue weighted by molar-refractivity contribution is 0.534. The van der Waals surface area contributed by atoms with E-state index in [0.717, 1.165) is 5.70 Å². The van der Waals surface area contributed by atoms with Crippen molar-refractivity contribution in [3.63, 3.8) is 0 Å². The molecule has 0 saturated carbocycles. The van der Waals surface area contributed by atoms with Gasteiger partial charge in [-0.05, 0) is 19.7 Å². The van der Waals surface area contributed by atoms with Crippen molar-refractivity contribution >= 4 is 0 Å². The van der Waals surface area contributed by atoms with Gasteiger partial charge in [0.05, 0.1) is 0 Å². The third-order valence-electron chi connectivity index (χ3n) is 0.852. The van der Waals surface area contributed by atoms with Crippen molar-refractivity contribution < 1.29 is 0 Å². The van der Waals surface area contributed by atoms with Crippen molar-refractivity contribution in [3.05, 3.63) is 17.7 Å². The van der Waals surface area contributed by atoms with Crippen LogP contribution in [0.5, 0.6) is 0 Å². The quantitative estimate of drug-likeness (QED) is 0.478. The molecule has 0 radical (unpaired) electrons. The molecule has 0 bridgehead atoms. The highest BCUT2D eigenvalue weighted by Gasteiger charge is 1.75. The zero-order valence-electron chi connectivity index (χ0n) is 5.10. The lowest BCUT2D eigenvalue weighted by Crippen LogP contribution is -2.06. The first-order valence-corrected chi connectivity index (χ1v) is 2.17. The van der Waals surface area contributed by atoms with Gasteiger partial charge in [-0.3, -0.25) is 0 Å². The van der Waals surface area contributed by atoms with Crippen molar-refractivity contribution in [2.75, 3.05) is 14.1 Å². The van der Waals surface area contributed by atoms with Crippen molar-refractivity contribution in [1.29, 1.82) is 0 Å². The fourth-order valence-electron chi connectivity index (χ4n) is 0.171. The number of rotatable bonds is 2. The van der Waals surface area contributed by atoms with Crippen LogP contribution in [-0.2, 0) is 0 Å². The molecular weight excluding hydrogens is 88.1 g/mol. The van der Waals surface area contributed by atoms with Crippen LogP contribution in [0.4, 0.5) is 0 Å². The number of nitrogens with zero attached hydrogens (tertiary/aromatic N) is 2. The van der Waals surface area contributed by atoms with E-state index in [0.29, 0.717) is 0 Å². The lowest BCUT2D eigenvalue weighted by atomic mass is 10.6. The molecule has 0 unspecified atom stereocenters. The van der Waals surface area contributed by atoms with Crippen LogP contribution in [0.15, 0.2) is 12.3 Å². The van der Waals surface area contributed by atoms with Crippen LogP contribution in [0.3, 0.4) is 0 Å². The predicted octanol–water partition coefficient (Wildman–Crippen LogP) is 1.37. The Kier molecular flexibility index (Phi) is 2.45. The Labute approximate surface area is 44.8 Å². The minimum absolute atomic E-state index is 0.961. The van der Waals surface area contributed by atoms with E-state index in [4.69, 9.17) is 0 Å². The van der Waals surface area contributed by atoms with Crippen LogP contribution < -0.4 is 0 Å². The minimum Gasteiger partial charge on any atom is -0.571 e. The van der Waals surface area contributed by atoms with Gasteiger partial charge in [-0.2, -0.15) is 0 Å². The summed E-state index contributed by atoms with van der Waals surface area (Å²) in [6.45, 7) is 5.57. The van der Waals surface area contributed by atoms with E-state index in [9.17, 15) is 0 Å². The first-order chi connectivity index (χ1) is 3.18. The summed E-state index contributed by atoms with van der Waals surface area (Å²) in [6.07, 6.45) is 0. The van der Waals surface area contributed by atoms with Gasteiger partial charge in [-0.15, -0.1) is 7.05 Å². The summed E-state index contributed by atoms with van der Waals surface area (Å²) in [5.74, 6) is 0. The van der Waals surface area contributed by atoms with E-state index in [-0.39, 0.29) is 0 Å². The van der Waals surface area contributed by atoms with E-state index in [1.54, 1.807) is 12.1 Å². The Morgan fingerprint density at radius 2 is 2.14 bits per heavy atom. The zero-order valence-corrected chi connectivity index (χ0v) is 5.10. The van der Waals surface area contributed by atoms with Gasteiger partial charge in [0.1, 0.15) is 0 Å². The number of hydrogen-bond acceptors (Lipinski definition) is 1. The third-order valence-corrected chi connectivity index (χ3v) is 0.852. The summed E-state index contributed by atoms with van der Waals surface area (Å²) in [5, 5.41) is 1.72. The fourth-order valence-corrected chi connectivity index (χ4v) is 0.171. The van der Waals surface area contributed by atoms with E-state index in [2.05, 4.69) is 12.0 Å². The fraction of sp³-hybridized carbons (Fsp3) is 0.600. The Morgan fingerprint density at radius 1 is 1.71 bits per heavy atom. The topological polar surface area (TPSA) is 17.3 Å². The average molecular weight is 99.2 g/mol. The summed E-state index contributed by atoms with van der Waals surface area (Å²) < 4.78 is 0. The van der Waals surface area contributed by atoms with Crippen LogP contribution in [0.25, 0.3) is 5.43 Å². The molecule has 42 valence electrons. The molecular formula is C5H11N2-. The first kappa shape index (κ1) is 6.50. The standard InChI is InChI=1S/C5H11N2/c1-5(2)7(4)6-3/h1H2,2-4H3/q-1. The molecule has 0 atom stereocenters. The molecule has 7 heavy (non-hydrogen) atoms. The molecule has 0 amide bonds. The van der Waals surface area contributed by atoms with Gasteiger partial charge in [-0.1, -0.05) is 6.58 Å². The van der Waals surface area contributed by atoms with Crippen molar-refractivity contribution in [2.24, 2.45) is 0 Å². The van der Waals surface area contributed by atoms with Crippen molar-refractivity contribution in [1.82, 2.24) is 5.01 Å². The number of hydrogen-bond donors (Lipinski definition) is 0. The Balaban J connectivity index is 3.34. The normalized spacial score (nSPS) is 8.43. The molecule has 0 heterocycles. The van der Waals surface area contributed by atoms with Gasteiger partial charge < -0.3 is 10.4 Å². The molecule has 0 aliphatic rings. The summed E-state index contributed by atoms with van der Waals surface area (Å²) in [5.41, 5.74) is 4.78. The Hall–Kier alpha value is -0.500. The van der Waals surface area contributed by atoms with Crippen LogP contribution >= 0.6 is 0 Å². The molecule has 0 aromatic heterocycles. The molecule has 0 saturated heterocycles. The minimum atomic E-state index is 0.961. The van der Waals surface area contributed by atoms with Gasteiger partial charge >= 0.3 is 0 Å². The van der Waals surface area contributed by atoms with Crippen molar-refractivity contribution in [3.8, 4) is 0 Å². The van der Waals surface area contributed by atoms with Crippen molar-refractivity contribution in [2.45, 2.75) is 6.92 Å². The molecule has 2 nitrogen and oxygen atoms in total. The van der Waals surface area contributed by atoms with E-state index < -0.39 is 0 Å². The smallest absolute Gasteiger partial charge is 0.0124 e. The van der Waals surface area contributed by atoms with Gasteiger partial charge in [0, 0.05) is 0 Å². The summed E-state index contributed by atoms with van der Waals surface area (Å²) in [4.78, 5) is 0. The zero-order chi connectivity index (χ0) is 5.86. The largest absolute Gasteiger partial charge is 0.571 e. The maximum atomic E-state index is 3.82. The molecule has 0 N–H and O–H groups in total. The second-order valence-electron chi connectivity index (χ2n) is 1.46. The molecule has 0 aromatic carbocycles. The van der Waals surface area contributed by atoms with Crippen LogP contribution in [0.1, 0.15) is 6.92 Å². The highest BCUT2D eigenvalue weighted by atomic mass is 15.5. The predicted molar refractivity (Wildman–Crippen MR) is 31.9 cm³/mol. The third kappa shape index (κ3) is 2.23. The van der Waals surface area contributed by atoms with Gasteiger partial charge in [0.15, 0.2) is 0 Å². The van der Waals surface area contributed by atoms with Gasteiger partial charge in [0.25, 0.3) is 0 Å². The monoisotopic (exact) mass is 99.1 g/mol. The summed E-state index contributed by atoms with van der Waals surface area (Å²) in [6, 6.07) is 0. The highest BCUT2D eigenvalue weighted by Crippen LogP contribution is 1.97. The van der Waals surface area contributed by atoms with Crippen LogP contribution in [-0.4, -0.2) is 19.1 Å².